The van der Waals surface area contributed by atoms with Gasteiger partial charge in [0.2, 0.25) is 0 Å². The Balaban J connectivity index is 1.82. The van der Waals surface area contributed by atoms with Crippen molar-refractivity contribution in [2.75, 3.05) is 11.9 Å². The molecule has 2 heterocycles. The van der Waals surface area contributed by atoms with Crippen molar-refractivity contribution in [2.45, 2.75) is 12.5 Å². The van der Waals surface area contributed by atoms with Crippen LogP contribution in [-0.2, 0) is 0 Å². The van der Waals surface area contributed by atoms with Gasteiger partial charge in [-0.15, -0.1) is 10.2 Å². The Kier molecular flexibility index (Phi) is 2.99. The molecule has 1 aromatic carbocycles. The lowest BCUT2D eigenvalue weighted by atomic mass is 10.0. The van der Waals surface area contributed by atoms with Gasteiger partial charge in [0.25, 0.3) is 0 Å². The summed E-state index contributed by atoms with van der Waals surface area (Å²) in [6.07, 6.45) is 0.874. The molecule has 1 N–H and O–H groups in total. The van der Waals surface area contributed by atoms with Crippen molar-refractivity contribution in [3.05, 3.63) is 47.7 Å². The summed E-state index contributed by atoms with van der Waals surface area (Å²) in [4.78, 5) is 0. The summed E-state index contributed by atoms with van der Waals surface area (Å²) in [6, 6.07) is 13.5. The molecule has 1 aromatic heterocycles. The van der Waals surface area contributed by atoms with Gasteiger partial charge < -0.3 is 10.1 Å². The molecule has 19 heavy (non-hydrogen) atoms. The molecular weight excluding hydrogens is 240 g/mol. The summed E-state index contributed by atoms with van der Waals surface area (Å²) in [5, 5.41) is 19.8. The van der Waals surface area contributed by atoms with Crippen molar-refractivity contribution in [1.29, 1.82) is 5.26 Å². The molecule has 1 aliphatic heterocycles. The third-order valence-corrected chi connectivity index (χ3v) is 3.06. The number of anilines is 1. The van der Waals surface area contributed by atoms with Gasteiger partial charge in [0.1, 0.15) is 17.6 Å². The maximum atomic E-state index is 8.69. The predicted molar refractivity (Wildman–Crippen MR) is 69.7 cm³/mol. The van der Waals surface area contributed by atoms with Crippen LogP contribution in [0.15, 0.2) is 36.4 Å². The van der Waals surface area contributed by atoms with E-state index in [1.165, 1.54) is 0 Å². The molecule has 94 valence electrons. The van der Waals surface area contributed by atoms with Crippen LogP contribution in [0.3, 0.4) is 0 Å². The molecule has 1 aliphatic rings. The van der Waals surface area contributed by atoms with Crippen LogP contribution in [0.25, 0.3) is 0 Å². The van der Waals surface area contributed by atoms with E-state index in [2.05, 4.69) is 15.5 Å². The normalized spacial score (nSPS) is 16.9. The number of ether oxygens (including phenoxy) is 1. The van der Waals surface area contributed by atoms with Crippen LogP contribution >= 0.6 is 0 Å². The Hall–Kier alpha value is -2.61. The first-order valence-corrected chi connectivity index (χ1v) is 6.09. The van der Waals surface area contributed by atoms with Crippen LogP contribution in [0.4, 0.5) is 5.82 Å². The quantitative estimate of drug-likeness (QED) is 0.887. The van der Waals surface area contributed by atoms with E-state index in [1.54, 1.807) is 12.1 Å². The number of aromatic nitrogens is 2. The number of fused-ring (bicyclic) bond motifs is 1. The first-order valence-electron chi connectivity index (χ1n) is 6.09. The second-order valence-electron chi connectivity index (χ2n) is 4.29. The van der Waals surface area contributed by atoms with E-state index in [-0.39, 0.29) is 6.04 Å². The average Bonchev–Trinajstić information content (AvgIpc) is 2.48. The highest BCUT2D eigenvalue weighted by molar-refractivity contribution is 5.44. The average molecular weight is 252 g/mol. The van der Waals surface area contributed by atoms with Gasteiger partial charge in [-0.3, -0.25) is 0 Å². The van der Waals surface area contributed by atoms with E-state index in [1.807, 2.05) is 30.3 Å². The molecule has 0 radical (unpaired) electrons. The molecule has 5 nitrogen and oxygen atoms in total. The van der Waals surface area contributed by atoms with Crippen LogP contribution in [-0.4, -0.2) is 16.8 Å². The first-order chi connectivity index (χ1) is 9.36. The highest BCUT2D eigenvalue weighted by atomic mass is 16.5. The molecular formula is C14H12N4O. The van der Waals surface area contributed by atoms with E-state index >= 15 is 0 Å². The number of nitrogens with zero attached hydrogens (tertiary/aromatic N) is 3. The van der Waals surface area contributed by atoms with Crippen molar-refractivity contribution in [3.8, 4) is 11.8 Å². The minimum Gasteiger partial charge on any atom is -0.493 e. The molecule has 2 aromatic rings. The minimum absolute atomic E-state index is 0.159. The van der Waals surface area contributed by atoms with Crippen LogP contribution in [0.2, 0.25) is 0 Å². The lowest BCUT2D eigenvalue weighted by Gasteiger charge is -2.26. The van der Waals surface area contributed by atoms with Crippen molar-refractivity contribution in [2.24, 2.45) is 0 Å². The van der Waals surface area contributed by atoms with Gasteiger partial charge in [-0.25, -0.2) is 0 Å². The smallest absolute Gasteiger partial charge is 0.163 e. The van der Waals surface area contributed by atoms with Gasteiger partial charge in [0, 0.05) is 12.0 Å². The Labute approximate surface area is 110 Å². The summed E-state index contributed by atoms with van der Waals surface area (Å²) < 4.78 is 5.61. The van der Waals surface area contributed by atoms with Crippen LogP contribution in [0.5, 0.6) is 5.75 Å². The predicted octanol–water partition coefficient (Wildman–Crippen LogP) is 2.28. The second kappa shape index (κ2) is 4.94. The fourth-order valence-electron chi connectivity index (χ4n) is 2.14. The fourth-order valence-corrected chi connectivity index (χ4v) is 2.14. The Morgan fingerprint density at radius 2 is 2.11 bits per heavy atom. The van der Waals surface area contributed by atoms with Gasteiger partial charge >= 0.3 is 0 Å². The molecule has 3 rings (SSSR count). The number of rotatable bonds is 2. The fraction of sp³-hybridized carbons (Fsp3) is 0.214. The van der Waals surface area contributed by atoms with E-state index in [0.29, 0.717) is 18.1 Å². The maximum absolute atomic E-state index is 8.69. The molecule has 0 amide bonds. The summed E-state index contributed by atoms with van der Waals surface area (Å²) in [5.74, 6) is 1.58. The Bertz CT molecular complexity index is 618. The molecule has 0 saturated carbocycles. The topological polar surface area (TPSA) is 70.8 Å². The van der Waals surface area contributed by atoms with Gasteiger partial charge in [-0.2, -0.15) is 5.26 Å². The maximum Gasteiger partial charge on any atom is 0.163 e. The standard InChI is InChI=1S/C14H12N4O/c15-9-10-5-6-14(18-17-10)16-12-7-8-19-13-4-2-1-3-11(12)13/h1-6,12H,7-8H2,(H,16,18). The van der Waals surface area contributed by atoms with Crippen LogP contribution in [0.1, 0.15) is 23.7 Å². The summed E-state index contributed by atoms with van der Waals surface area (Å²) in [7, 11) is 0. The molecule has 0 spiro atoms. The number of nitriles is 1. The highest BCUT2D eigenvalue weighted by Gasteiger charge is 2.21. The largest absolute Gasteiger partial charge is 0.493 e. The zero-order chi connectivity index (χ0) is 13.1. The number of hydrogen-bond acceptors (Lipinski definition) is 5. The summed E-state index contributed by atoms with van der Waals surface area (Å²) in [6.45, 7) is 0.679. The summed E-state index contributed by atoms with van der Waals surface area (Å²) in [5.41, 5.74) is 1.44. The highest BCUT2D eigenvalue weighted by Crippen LogP contribution is 2.33. The number of nitrogens with one attached hydrogen (secondary N) is 1. The third kappa shape index (κ3) is 2.33. The monoisotopic (exact) mass is 252 g/mol. The van der Waals surface area contributed by atoms with Gasteiger partial charge in [-0.05, 0) is 18.2 Å². The zero-order valence-corrected chi connectivity index (χ0v) is 10.2. The zero-order valence-electron chi connectivity index (χ0n) is 10.2. The lowest BCUT2D eigenvalue weighted by Crippen LogP contribution is -2.20. The van der Waals surface area contributed by atoms with E-state index in [4.69, 9.17) is 10.00 Å². The van der Waals surface area contributed by atoms with Crippen LogP contribution in [0, 0.1) is 11.3 Å². The molecule has 0 saturated heterocycles. The number of benzene rings is 1. The van der Waals surface area contributed by atoms with E-state index < -0.39 is 0 Å². The third-order valence-electron chi connectivity index (χ3n) is 3.06. The second-order valence-corrected chi connectivity index (χ2v) is 4.29. The van der Waals surface area contributed by atoms with Crippen LogP contribution < -0.4 is 10.1 Å². The van der Waals surface area contributed by atoms with Gasteiger partial charge in [-0.1, -0.05) is 18.2 Å². The Morgan fingerprint density at radius 3 is 2.89 bits per heavy atom. The minimum atomic E-state index is 0.159. The number of para-hydroxylation sites is 1. The molecule has 0 fully saturated rings. The Morgan fingerprint density at radius 1 is 1.21 bits per heavy atom. The number of hydrogen-bond donors (Lipinski definition) is 1. The lowest BCUT2D eigenvalue weighted by molar-refractivity contribution is 0.274. The van der Waals surface area contributed by atoms with Crippen molar-refractivity contribution in [3.63, 3.8) is 0 Å². The van der Waals surface area contributed by atoms with Crippen molar-refractivity contribution in [1.82, 2.24) is 10.2 Å². The molecule has 0 aliphatic carbocycles. The first kappa shape index (κ1) is 11.5. The van der Waals surface area contributed by atoms with Gasteiger partial charge in [0.15, 0.2) is 5.69 Å². The molecule has 1 unspecified atom stereocenters. The van der Waals surface area contributed by atoms with E-state index in [0.717, 1.165) is 17.7 Å². The SMILES string of the molecule is N#Cc1ccc(NC2CCOc3ccccc32)nn1. The summed E-state index contributed by atoms with van der Waals surface area (Å²) >= 11 is 0. The molecule has 1 atom stereocenters. The molecule has 5 heteroatoms. The van der Waals surface area contributed by atoms with Crippen molar-refractivity contribution >= 4 is 5.82 Å². The van der Waals surface area contributed by atoms with E-state index in [9.17, 15) is 0 Å². The molecule has 0 bridgehead atoms. The van der Waals surface area contributed by atoms with Crippen molar-refractivity contribution < 1.29 is 4.74 Å². The van der Waals surface area contributed by atoms with Gasteiger partial charge in [0.05, 0.1) is 12.6 Å².